The third-order valence-electron chi connectivity index (χ3n) is 2.02. The van der Waals surface area contributed by atoms with Crippen LogP contribution in [-0.4, -0.2) is 48.4 Å². The standard InChI is InChI=1S/C9H17N5O2/c1-7-8(13-16-12-7)6-10-4-5-11-9(15)14(2)3/h10H,4-6H2,1-3H3,(H,11,15). The van der Waals surface area contributed by atoms with Crippen LogP contribution in [0.15, 0.2) is 4.63 Å². The Labute approximate surface area is 94.1 Å². The van der Waals surface area contributed by atoms with Crippen LogP contribution in [0.1, 0.15) is 11.4 Å². The van der Waals surface area contributed by atoms with E-state index in [1.807, 2.05) is 6.92 Å². The molecule has 7 nitrogen and oxygen atoms in total. The number of amides is 2. The summed E-state index contributed by atoms with van der Waals surface area (Å²) in [7, 11) is 3.40. The number of carbonyl (C=O) groups excluding carboxylic acids is 1. The van der Waals surface area contributed by atoms with Crippen molar-refractivity contribution in [2.75, 3.05) is 27.2 Å². The molecule has 1 rings (SSSR count). The molecule has 1 aromatic heterocycles. The average molecular weight is 227 g/mol. The van der Waals surface area contributed by atoms with E-state index < -0.39 is 0 Å². The Hall–Kier alpha value is -1.63. The molecule has 0 atom stereocenters. The van der Waals surface area contributed by atoms with Gasteiger partial charge in [0.15, 0.2) is 0 Å². The van der Waals surface area contributed by atoms with E-state index in [1.54, 1.807) is 14.1 Å². The summed E-state index contributed by atoms with van der Waals surface area (Å²) >= 11 is 0. The third kappa shape index (κ3) is 3.85. The van der Waals surface area contributed by atoms with Gasteiger partial charge in [0.25, 0.3) is 0 Å². The first-order valence-electron chi connectivity index (χ1n) is 5.05. The van der Waals surface area contributed by atoms with Crippen molar-refractivity contribution in [3.8, 4) is 0 Å². The van der Waals surface area contributed by atoms with Crippen LogP contribution in [-0.2, 0) is 6.54 Å². The van der Waals surface area contributed by atoms with E-state index in [0.29, 0.717) is 19.6 Å². The first-order chi connectivity index (χ1) is 7.61. The van der Waals surface area contributed by atoms with E-state index in [-0.39, 0.29) is 6.03 Å². The number of aromatic nitrogens is 2. The molecule has 0 aliphatic carbocycles. The summed E-state index contributed by atoms with van der Waals surface area (Å²) in [6, 6.07) is -0.0962. The van der Waals surface area contributed by atoms with E-state index >= 15 is 0 Å². The highest BCUT2D eigenvalue weighted by Crippen LogP contribution is 1.98. The molecule has 0 aliphatic rings. The monoisotopic (exact) mass is 227 g/mol. The van der Waals surface area contributed by atoms with Crippen LogP contribution < -0.4 is 10.6 Å². The van der Waals surface area contributed by atoms with Crippen LogP contribution in [0.5, 0.6) is 0 Å². The van der Waals surface area contributed by atoms with Crippen LogP contribution in [0.3, 0.4) is 0 Å². The molecular weight excluding hydrogens is 210 g/mol. The van der Waals surface area contributed by atoms with Crippen LogP contribution in [0, 0.1) is 6.92 Å². The predicted octanol–water partition coefficient (Wildman–Crippen LogP) is -0.261. The molecule has 2 amide bonds. The van der Waals surface area contributed by atoms with E-state index in [4.69, 9.17) is 0 Å². The van der Waals surface area contributed by atoms with Gasteiger partial charge >= 0.3 is 6.03 Å². The number of hydrogen-bond acceptors (Lipinski definition) is 5. The molecule has 0 unspecified atom stereocenters. The summed E-state index contributed by atoms with van der Waals surface area (Å²) in [5.74, 6) is 0. The molecule has 2 N–H and O–H groups in total. The fourth-order valence-corrected chi connectivity index (χ4v) is 1.03. The van der Waals surface area contributed by atoms with Gasteiger partial charge in [0.1, 0.15) is 11.4 Å². The first kappa shape index (κ1) is 12.4. The largest absolute Gasteiger partial charge is 0.337 e. The van der Waals surface area contributed by atoms with Crippen molar-refractivity contribution < 1.29 is 9.42 Å². The number of rotatable bonds is 5. The van der Waals surface area contributed by atoms with Crippen LogP contribution in [0.2, 0.25) is 0 Å². The molecule has 7 heteroatoms. The zero-order valence-electron chi connectivity index (χ0n) is 9.78. The Morgan fingerprint density at radius 1 is 1.38 bits per heavy atom. The fourth-order valence-electron chi connectivity index (χ4n) is 1.03. The molecule has 0 spiro atoms. The second-order valence-corrected chi connectivity index (χ2v) is 3.60. The maximum absolute atomic E-state index is 11.1. The Balaban J connectivity index is 2.09. The first-order valence-corrected chi connectivity index (χ1v) is 5.05. The Bertz CT molecular complexity index is 336. The number of carbonyl (C=O) groups is 1. The van der Waals surface area contributed by atoms with Gasteiger partial charge in [0, 0.05) is 33.7 Å². The lowest BCUT2D eigenvalue weighted by Crippen LogP contribution is -2.38. The second-order valence-electron chi connectivity index (χ2n) is 3.60. The molecule has 0 saturated heterocycles. The van der Waals surface area contributed by atoms with E-state index in [9.17, 15) is 4.79 Å². The van der Waals surface area contributed by atoms with Gasteiger partial charge in [0.2, 0.25) is 0 Å². The summed E-state index contributed by atoms with van der Waals surface area (Å²) in [6.07, 6.45) is 0. The van der Waals surface area contributed by atoms with Gasteiger partial charge in [0.05, 0.1) is 0 Å². The minimum atomic E-state index is -0.0962. The maximum Gasteiger partial charge on any atom is 0.316 e. The van der Waals surface area contributed by atoms with E-state index in [1.165, 1.54) is 4.90 Å². The highest BCUT2D eigenvalue weighted by atomic mass is 16.6. The Morgan fingerprint density at radius 3 is 2.69 bits per heavy atom. The molecule has 1 aromatic rings. The van der Waals surface area contributed by atoms with Crippen molar-refractivity contribution in [3.63, 3.8) is 0 Å². The van der Waals surface area contributed by atoms with Crippen molar-refractivity contribution in [1.29, 1.82) is 0 Å². The minimum Gasteiger partial charge on any atom is -0.337 e. The van der Waals surface area contributed by atoms with Crippen molar-refractivity contribution in [3.05, 3.63) is 11.4 Å². The summed E-state index contributed by atoms with van der Waals surface area (Å²) in [5.41, 5.74) is 1.57. The van der Waals surface area contributed by atoms with Crippen molar-refractivity contribution in [1.82, 2.24) is 25.8 Å². The molecule has 0 aliphatic heterocycles. The summed E-state index contributed by atoms with van der Waals surface area (Å²) in [4.78, 5) is 12.6. The highest BCUT2D eigenvalue weighted by molar-refractivity contribution is 5.73. The molecule has 0 aromatic carbocycles. The Morgan fingerprint density at radius 2 is 2.12 bits per heavy atom. The molecular formula is C9H17N5O2. The molecule has 0 saturated carbocycles. The lowest BCUT2D eigenvalue weighted by molar-refractivity contribution is 0.217. The maximum atomic E-state index is 11.1. The molecule has 0 bridgehead atoms. The van der Waals surface area contributed by atoms with Gasteiger partial charge < -0.3 is 15.5 Å². The number of urea groups is 1. The van der Waals surface area contributed by atoms with Crippen LogP contribution in [0.25, 0.3) is 0 Å². The molecule has 90 valence electrons. The van der Waals surface area contributed by atoms with Crippen molar-refractivity contribution in [2.24, 2.45) is 0 Å². The lowest BCUT2D eigenvalue weighted by atomic mass is 10.3. The molecule has 0 radical (unpaired) electrons. The zero-order chi connectivity index (χ0) is 12.0. The van der Waals surface area contributed by atoms with Gasteiger partial charge in [-0.15, -0.1) is 0 Å². The summed E-state index contributed by atoms with van der Waals surface area (Å²) < 4.78 is 4.56. The molecule has 0 fully saturated rings. The topological polar surface area (TPSA) is 83.3 Å². The number of nitrogens with zero attached hydrogens (tertiary/aromatic N) is 3. The number of nitrogens with one attached hydrogen (secondary N) is 2. The van der Waals surface area contributed by atoms with E-state index in [2.05, 4.69) is 25.6 Å². The van der Waals surface area contributed by atoms with Crippen molar-refractivity contribution in [2.45, 2.75) is 13.5 Å². The van der Waals surface area contributed by atoms with Gasteiger partial charge in [-0.3, -0.25) is 0 Å². The van der Waals surface area contributed by atoms with Gasteiger partial charge in [-0.2, -0.15) is 0 Å². The predicted molar refractivity (Wildman–Crippen MR) is 57.8 cm³/mol. The second kappa shape index (κ2) is 6.06. The third-order valence-corrected chi connectivity index (χ3v) is 2.02. The minimum absolute atomic E-state index is 0.0962. The zero-order valence-corrected chi connectivity index (χ0v) is 9.78. The van der Waals surface area contributed by atoms with Gasteiger partial charge in [-0.25, -0.2) is 9.42 Å². The normalized spacial score (nSPS) is 10.2. The van der Waals surface area contributed by atoms with Gasteiger partial charge in [-0.05, 0) is 6.92 Å². The fraction of sp³-hybridized carbons (Fsp3) is 0.667. The van der Waals surface area contributed by atoms with E-state index in [0.717, 1.165) is 11.4 Å². The molecule has 16 heavy (non-hydrogen) atoms. The summed E-state index contributed by atoms with van der Waals surface area (Å²) in [6.45, 7) is 3.67. The molecule has 1 heterocycles. The quantitative estimate of drug-likeness (QED) is 0.677. The highest BCUT2D eigenvalue weighted by Gasteiger charge is 2.04. The SMILES string of the molecule is Cc1nonc1CNCCNC(=O)N(C)C. The van der Waals surface area contributed by atoms with Gasteiger partial charge in [-0.1, -0.05) is 10.3 Å². The summed E-state index contributed by atoms with van der Waals surface area (Å²) in [5, 5.41) is 13.3. The average Bonchev–Trinajstić information content (AvgIpc) is 2.63. The Kier molecular flexibility index (Phi) is 4.71. The van der Waals surface area contributed by atoms with Crippen molar-refractivity contribution >= 4 is 6.03 Å². The lowest BCUT2D eigenvalue weighted by Gasteiger charge is -2.11. The smallest absolute Gasteiger partial charge is 0.316 e. The van der Waals surface area contributed by atoms with Crippen LogP contribution in [0.4, 0.5) is 4.79 Å². The number of hydrogen-bond donors (Lipinski definition) is 2. The van der Waals surface area contributed by atoms with Crippen LogP contribution >= 0.6 is 0 Å². The number of aryl methyl sites for hydroxylation is 1.